The summed E-state index contributed by atoms with van der Waals surface area (Å²) in [6.45, 7) is 0.985. The van der Waals surface area contributed by atoms with Gasteiger partial charge in [0.25, 0.3) is 5.91 Å². The third-order valence-corrected chi connectivity index (χ3v) is 6.33. The number of ether oxygens (including phenoxy) is 1. The maximum absolute atomic E-state index is 12.9. The summed E-state index contributed by atoms with van der Waals surface area (Å²) in [5, 5.41) is 2.93. The summed E-state index contributed by atoms with van der Waals surface area (Å²) in [5.74, 6) is 0.848. The maximum Gasteiger partial charge on any atom is 0.260 e. The lowest BCUT2D eigenvalue weighted by atomic mass is 9.84. The minimum absolute atomic E-state index is 0.00723. The molecule has 1 aromatic rings. The van der Waals surface area contributed by atoms with E-state index in [-0.39, 0.29) is 30.9 Å². The van der Waals surface area contributed by atoms with Crippen molar-refractivity contribution in [3.05, 3.63) is 30.3 Å². The Hall–Kier alpha value is -2.57. The fourth-order valence-corrected chi connectivity index (χ4v) is 4.70. The Bertz CT molecular complexity index is 748. The van der Waals surface area contributed by atoms with E-state index in [1.165, 1.54) is 19.3 Å². The SMILES string of the molecule is O=C1N[C@@H](CC2CCCCC2)C(=O)N2CCN(C(=O)COc3ccccc3)C[C@@H]12. The molecule has 1 aromatic carbocycles. The van der Waals surface area contributed by atoms with Crippen molar-refractivity contribution in [2.24, 2.45) is 5.92 Å². The summed E-state index contributed by atoms with van der Waals surface area (Å²) < 4.78 is 5.53. The van der Waals surface area contributed by atoms with Gasteiger partial charge in [0.2, 0.25) is 11.8 Å². The van der Waals surface area contributed by atoms with Crippen molar-refractivity contribution in [2.75, 3.05) is 26.2 Å². The summed E-state index contributed by atoms with van der Waals surface area (Å²) in [5.41, 5.74) is 0. The highest BCUT2D eigenvalue weighted by atomic mass is 16.5. The van der Waals surface area contributed by atoms with Crippen molar-refractivity contribution < 1.29 is 19.1 Å². The predicted octanol–water partition coefficient (Wildman–Crippen LogP) is 1.57. The van der Waals surface area contributed by atoms with E-state index in [4.69, 9.17) is 4.74 Å². The van der Waals surface area contributed by atoms with Crippen LogP contribution in [0, 0.1) is 5.92 Å². The number of carbonyl (C=O) groups excluding carboxylic acids is 3. The normalized spacial score (nSPS) is 25.4. The highest BCUT2D eigenvalue weighted by molar-refractivity contribution is 5.97. The first-order valence-electron chi connectivity index (χ1n) is 10.7. The van der Waals surface area contributed by atoms with Gasteiger partial charge in [0, 0.05) is 13.1 Å². The lowest BCUT2D eigenvalue weighted by Crippen LogP contribution is -2.70. The molecule has 3 fully saturated rings. The van der Waals surface area contributed by atoms with Crippen molar-refractivity contribution >= 4 is 17.7 Å². The van der Waals surface area contributed by atoms with Crippen LogP contribution in [0.25, 0.3) is 0 Å². The van der Waals surface area contributed by atoms with Crippen LogP contribution in [0.15, 0.2) is 30.3 Å². The minimum Gasteiger partial charge on any atom is -0.484 e. The molecule has 1 saturated carbocycles. The van der Waals surface area contributed by atoms with Crippen LogP contribution in [0.4, 0.5) is 0 Å². The van der Waals surface area contributed by atoms with Gasteiger partial charge in [-0.3, -0.25) is 14.4 Å². The Kier molecular flexibility index (Phi) is 6.02. The van der Waals surface area contributed by atoms with Gasteiger partial charge >= 0.3 is 0 Å². The average Bonchev–Trinajstić information content (AvgIpc) is 2.77. The molecule has 156 valence electrons. The number of rotatable bonds is 5. The molecule has 1 N–H and O–H groups in total. The van der Waals surface area contributed by atoms with Gasteiger partial charge in [-0.05, 0) is 24.5 Å². The monoisotopic (exact) mass is 399 g/mol. The van der Waals surface area contributed by atoms with E-state index >= 15 is 0 Å². The molecule has 3 aliphatic rings. The Morgan fingerprint density at radius 1 is 1.07 bits per heavy atom. The quantitative estimate of drug-likeness (QED) is 0.815. The maximum atomic E-state index is 12.9. The molecule has 7 heteroatoms. The van der Waals surface area contributed by atoms with E-state index in [9.17, 15) is 14.4 Å². The standard InChI is InChI=1S/C22H29N3O4/c26-20(15-29-17-9-5-2-6-10-17)24-11-12-25-19(14-24)21(27)23-18(22(25)28)13-16-7-3-1-4-8-16/h2,5-6,9-10,16,18-19H,1,3-4,7-8,11-15H2,(H,23,27)/t18-,19-/m0/s1. The number of carbonyl (C=O) groups is 3. The number of nitrogens with zero attached hydrogens (tertiary/aromatic N) is 2. The molecule has 0 aromatic heterocycles. The first kappa shape index (κ1) is 19.7. The number of hydrogen-bond acceptors (Lipinski definition) is 4. The second kappa shape index (κ2) is 8.84. The largest absolute Gasteiger partial charge is 0.484 e. The third-order valence-electron chi connectivity index (χ3n) is 6.33. The summed E-state index contributed by atoms with van der Waals surface area (Å²) >= 11 is 0. The number of piperazine rings is 2. The van der Waals surface area contributed by atoms with Gasteiger partial charge in [-0.1, -0.05) is 50.3 Å². The molecule has 4 rings (SSSR count). The highest BCUT2D eigenvalue weighted by Gasteiger charge is 2.44. The second-order valence-corrected chi connectivity index (χ2v) is 8.29. The number of hydrogen-bond donors (Lipinski definition) is 1. The zero-order chi connectivity index (χ0) is 20.2. The van der Waals surface area contributed by atoms with Gasteiger partial charge in [0.15, 0.2) is 6.61 Å². The molecule has 1 aliphatic carbocycles. The zero-order valence-electron chi connectivity index (χ0n) is 16.7. The first-order valence-corrected chi connectivity index (χ1v) is 10.7. The zero-order valence-corrected chi connectivity index (χ0v) is 16.7. The Morgan fingerprint density at radius 3 is 2.59 bits per heavy atom. The van der Waals surface area contributed by atoms with E-state index < -0.39 is 12.1 Å². The average molecular weight is 399 g/mol. The topological polar surface area (TPSA) is 79.0 Å². The number of amides is 3. The van der Waals surface area contributed by atoms with Gasteiger partial charge < -0.3 is 19.9 Å². The summed E-state index contributed by atoms with van der Waals surface area (Å²) in [6, 6.07) is 8.16. The molecule has 0 bridgehead atoms. The van der Waals surface area contributed by atoms with Crippen LogP contribution in [0.3, 0.4) is 0 Å². The summed E-state index contributed by atoms with van der Waals surface area (Å²) in [7, 11) is 0. The minimum atomic E-state index is -0.598. The van der Waals surface area contributed by atoms with Crippen molar-refractivity contribution in [3.63, 3.8) is 0 Å². The fourth-order valence-electron chi connectivity index (χ4n) is 4.70. The van der Waals surface area contributed by atoms with Crippen LogP contribution >= 0.6 is 0 Å². The molecule has 2 saturated heterocycles. The van der Waals surface area contributed by atoms with Crippen LogP contribution in [0.2, 0.25) is 0 Å². The van der Waals surface area contributed by atoms with E-state index in [1.807, 2.05) is 18.2 Å². The lowest BCUT2D eigenvalue weighted by Gasteiger charge is -2.45. The molecule has 2 atom stereocenters. The van der Waals surface area contributed by atoms with Gasteiger partial charge in [0.05, 0.1) is 6.54 Å². The van der Waals surface area contributed by atoms with Crippen molar-refractivity contribution in [3.8, 4) is 5.75 Å². The van der Waals surface area contributed by atoms with E-state index in [1.54, 1.807) is 21.9 Å². The van der Waals surface area contributed by atoms with Crippen LogP contribution in [-0.2, 0) is 14.4 Å². The second-order valence-electron chi connectivity index (χ2n) is 8.29. The van der Waals surface area contributed by atoms with Gasteiger partial charge in [-0.15, -0.1) is 0 Å². The van der Waals surface area contributed by atoms with Gasteiger partial charge in [-0.25, -0.2) is 0 Å². The smallest absolute Gasteiger partial charge is 0.260 e. The third kappa shape index (κ3) is 4.54. The molecular weight excluding hydrogens is 370 g/mol. The van der Waals surface area contributed by atoms with E-state index in [0.717, 1.165) is 19.3 Å². The molecule has 0 spiro atoms. The summed E-state index contributed by atoms with van der Waals surface area (Å²) in [6.07, 6.45) is 6.73. The molecule has 2 heterocycles. The molecule has 2 aliphatic heterocycles. The van der Waals surface area contributed by atoms with E-state index in [2.05, 4.69) is 5.32 Å². The van der Waals surface area contributed by atoms with Crippen LogP contribution in [-0.4, -0.2) is 65.8 Å². The van der Waals surface area contributed by atoms with Gasteiger partial charge in [-0.2, -0.15) is 0 Å². The Morgan fingerprint density at radius 2 is 1.83 bits per heavy atom. The number of para-hydroxylation sites is 1. The molecular formula is C22H29N3O4. The van der Waals surface area contributed by atoms with Gasteiger partial charge in [0.1, 0.15) is 17.8 Å². The highest BCUT2D eigenvalue weighted by Crippen LogP contribution is 2.29. The van der Waals surface area contributed by atoms with Crippen LogP contribution < -0.4 is 10.1 Å². The summed E-state index contributed by atoms with van der Waals surface area (Å²) in [4.78, 5) is 41.5. The predicted molar refractivity (Wildman–Crippen MR) is 107 cm³/mol. The first-order chi connectivity index (χ1) is 14.1. The molecule has 3 amide bonds. The number of nitrogens with one attached hydrogen (secondary N) is 1. The van der Waals surface area contributed by atoms with Crippen molar-refractivity contribution in [1.29, 1.82) is 0 Å². The lowest BCUT2D eigenvalue weighted by molar-refractivity contribution is -0.156. The van der Waals surface area contributed by atoms with Crippen LogP contribution in [0.1, 0.15) is 38.5 Å². The van der Waals surface area contributed by atoms with E-state index in [0.29, 0.717) is 24.8 Å². The van der Waals surface area contributed by atoms with Crippen molar-refractivity contribution in [1.82, 2.24) is 15.1 Å². The Labute approximate surface area is 171 Å². The van der Waals surface area contributed by atoms with Crippen LogP contribution in [0.5, 0.6) is 5.75 Å². The number of fused-ring (bicyclic) bond motifs is 1. The molecule has 29 heavy (non-hydrogen) atoms. The fraction of sp³-hybridized carbons (Fsp3) is 0.591. The molecule has 0 unspecified atom stereocenters. The number of benzene rings is 1. The van der Waals surface area contributed by atoms with Crippen molar-refractivity contribution in [2.45, 2.75) is 50.6 Å². The Balaban J connectivity index is 1.32. The molecule has 7 nitrogen and oxygen atoms in total. The molecule has 0 radical (unpaired) electrons.